The van der Waals surface area contributed by atoms with Crippen LogP contribution in [0.1, 0.15) is 12.8 Å². The van der Waals surface area contributed by atoms with E-state index in [-0.39, 0.29) is 18.1 Å². The molecule has 0 radical (unpaired) electrons. The number of likely N-dealkylation sites (N-methyl/N-ethyl adjacent to an activating group) is 1. The van der Waals surface area contributed by atoms with Crippen LogP contribution in [0.3, 0.4) is 0 Å². The van der Waals surface area contributed by atoms with E-state index in [1.54, 1.807) is 0 Å². The molecule has 1 fully saturated rings. The number of carbonyl (C=O) groups is 1. The van der Waals surface area contributed by atoms with E-state index in [2.05, 4.69) is 15.5 Å². The first-order valence-corrected chi connectivity index (χ1v) is 6.73. The van der Waals surface area contributed by atoms with Crippen molar-refractivity contribution in [2.45, 2.75) is 18.9 Å². The zero-order valence-electron chi connectivity index (χ0n) is 11.5. The molecule has 1 aromatic rings. The van der Waals surface area contributed by atoms with E-state index in [1.165, 1.54) is 0 Å². The minimum absolute atomic E-state index is 0.150. The van der Waals surface area contributed by atoms with Crippen molar-refractivity contribution in [3.8, 4) is 0 Å². The maximum absolute atomic E-state index is 13.0. The Kier molecular flexibility index (Phi) is 5.03. The average Bonchev–Trinajstić information content (AvgIpc) is 2.75. The summed E-state index contributed by atoms with van der Waals surface area (Å²) >= 11 is 0. The lowest BCUT2D eigenvalue weighted by atomic mass is 10.2. The van der Waals surface area contributed by atoms with Crippen LogP contribution in [0.4, 0.5) is 14.5 Å². The molecule has 1 unspecified atom stereocenters. The number of amides is 1. The molecule has 0 aliphatic carbocycles. The number of carbonyl (C=O) groups excluding carboxylic acids is 1. The van der Waals surface area contributed by atoms with Gasteiger partial charge in [0.05, 0.1) is 6.54 Å². The lowest BCUT2D eigenvalue weighted by molar-refractivity contribution is -0.117. The van der Waals surface area contributed by atoms with Gasteiger partial charge in [-0.15, -0.1) is 0 Å². The summed E-state index contributed by atoms with van der Waals surface area (Å²) in [6.45, 7) is 1.95. The summed E-state index contributed by atoms with van der Waals surface area (Å²) in [7, 11) is 1.88. The molecule has 20 heavy (non-hydrogen) atoms. The van der Waals surface area contributed by atoms with Crippen LogP contribution in [-0.2, 0) is 4.79 Å². The van der Waals surface area contributed by atoms with Crippen LogP contribution in [0.2, 0.25) is 0 Å². The normalized spacial score (nSPS) is 19.2. The number of hydrogen-bond donors (Lipinski definition) is 2. The van der Waals surface area contributed by atoms with Gasteiger partial charge in [-0.1, -0.05) is 0 Å². The maximum Gasteiger partial charge on any atom is 0.238 e. The van der Waals surface area contributed by atoms with Crippen molar-refractivity contribution < 1.29 is 13.6 Å². The van der Waals surface area contributed by atoms with E-state index < -0.39 is 11.6 Å². The topological polar surface area (TPSA) is 44.4 Å². The van der Waals surface area contributed by atoms with Crippen LogP contribution in [0.5, 0.6) is 0 Å². The van der Waals surface area contributed by atoms with Crippen molar-refractivity contribution in [1.29, 1.82) is 0 Å². The molecule has 0 spiro atoms. The van der Waals surface area contributed by atoms with E-state index in [0.717, 1.165) is 44.1 Å². The molecule has 6 heteroatoms. The minimum Gasteiger partial charge on any atom is -0.325 e. The van der Waals surface area contributed by atoms with Crippen molar-refractivity contribution in [2.75, 3.05) is 32.0 Å². The van der Waals surface area contributed by atoms with Gasteiger partial charge in [-0.05, 0) is 38.6 Å². The molecule has 1 amide bonds. The predicted molar refractivity (Wildman–Crippen MR) is 73.5 cm³/mol. The molecule has 2 N–H and O–H groups in total. The third-order valence-electron chi connectivity index (χ3n) is 3.43. The molecule has 1 aliphatic rings. The lowest BCUT2D eigenvalue weighted by Gasteiger charge is -2.23. The number of nitrogens with one attached hydrogen (secondary N) is 2. The zero-order chi connectivity index (χ0) is 14.5. The Morgan fingerprint density at radius 3 is 2.70 bits per heavy atom. The van der Waals surface area contributed by atoms with Crippen LogP contribution in [0.25, 0.3) is 0 Å². The lowest BCUT2D eigenvalue weighted by Crippen LogP contribution is -2.41. The largest absolute Gasteiger partial charge is 0.325 e. The molecule has 1 heterocycles. The Bertz CT molecular complexity index is 461. The van der Waals surface area contributed by atoms with Gasteiger partial charge in [-0.3, -0.25) is 9.69 Å². The summed E-state index contributed by atoms with van der Waals surface area (Å²) in [5.41, 5.74) is 0.150. The first-order chi connectivity index (χ1) is 9.58. The summed E-state index contributed by atoms with van der Waals surface area (Å²) in [5, 5.41) is 5.64. The molecule has 1 aliphatic heterocycles. The fourth-order valence-electron chi connectivity index (χ4n) is 2.58. The number of hydrogen-bond acceptors (Lipinski definition) is 3. The van der Waals surface area contributed by atoms with Crippen molar-refractivity contribution in [3.63, 3.8) is 0 Å². The van der Waals surface area contributed by atoms with Crippen LogP contribution in [0, 0.1) is 11.6 Å². The number of halogens is 2. The average molecular weight is 283 g/mol. The van der Waals surface area contributed by atoms with Crippen LogP contribution < -0.4 is 10.6 Å². The highest BCUT2D eigenvalue weighted by molar-refractivity contribution is 5.92. The molecular weight excluding hydrogens is 264 g/mol. The highest BCUT2D eigenvalue weighted by Gasteiger charge is 2.25. The van der Waals surface area contributed by atoms with Gasteiger partial charge in [-0.25, -0.2) is 8.78 Å². The fraction of sp³-hybridized carbons (Fsp3) is 0.500. The van der Waals surface area contributed by atoms with Gasteiger partial charge in [0.2, 0.25) is 5.91 Å². The summed E-state index contributed by atoms with van der Waals surface area (Å²) < 4.78 is 26.1. The quantitative estimate of drug-likeness (QED) is 0.862. The molecule has 0 aromatic heterocycles. The summed E-state index contributed by atoms with van der Waals surface area (Å²) in [6.07, 6.45) is 2.12. The van der Waals surface area contributed by atoms with Crippen LogP contribution in [0.15, 0.2) is 18.2 Å². The molecule has 1 aromatic carbocycles. The summed E-state index contributed by atoms with van der Waals surface area (Å²) in [4.78, 5) is 14.0. The van der Waals surface area contributed by atoms with Gasteiger partial charge in [0.25, 0.3) is 0 Å². The molecule has 4 nitrogen and oxygen atoms in total. The molecule has 2 rings (SSSR count). The zero-order valence-corrected chi connectivity index (χ0v) is 11.5. The van der Waals surface area contributed by atoms with Gasteiger partial charge in [-0.2, -0.15) is 0 Å². The molecule has 1 atom stereocenters. The second kappa shape index (κ2) is 6.76. The van der Waals surface area contributed by atoms with Crippen molar-refractivity contribution >= 4 is 11.6 Å². The Balaban J connectivity index is 1.91. The minimum atomic E-state index is -0.700. The monoisotopic (exact) mass is 283 g/mol. The summed E-state index contributed by atoms with van der Waals surface area (Å²) in [5.74, 6) is -1.65. The fourth-order valence-corrected chi connectivity index (χ4v) is 2.58. The van der Waals surface area contributed by atoms with E-state index in [4.69, 9.17) is 0 Å². The number of nitrogens with zero attached hydrogens (tertiary/aromatic N) is 1. The first kappa shape index (κ1) is 14.9. The molecular formula is C14H19F2N3O. The maximum atomic E-state index is 13.0. The van der Waals surface area contributed by atoms with Crippen molar-refractivity contribution in [2.24, 2.45) is 0 Å². The Labute approximate surface area is 117 Å². The molecule has 110 valence electrons. The standard InChI is InChI=1S/C14H19F2N3O/c1-17-8-13-3-2-4-19(13)9-14(20)18-12-6-10(15)5-11(16)7-12/h5-7,13,17H,2-4,8-9H2,1H3,(H,18,20). The highest BCUT2D eigenvalue weighted by atomic mass is 19.1. The van der Waals surface area contributed by atoms with E-state index in [0.29, 0.717) is 6.04 Å². The number of benzene rings is 1. The predicted octanol–water partition coefficient (Wildman–Crippen LogP) is 1.59. The van der Waals surface area contributed by atoms with E-state index in [9.17, 15) is 13.6 Å². The van der Waals surface area contributed by atoms with E-state index in [1.807, 2.05) is 7.05 Å². The number of likely N-dealkylation sites (tertiary alicyclic amines) is 1. The van der Waals surface area contributed by atoms with Gasteiger partial charge in [0, 0.05) is 24.3 Å². The molecule has 0 saturated carbocycles. The summed E-state index contributed by atoms with van der Waals surface area (Å²) in [6, 6.07) is 3.33. The number of rotatable bonds is 5. The van der Waals surface area contributed by atoms with Gasteiger partial charge in [0.15, 0.2) is 0 Å². The van der Waals surface area contributed by atoms with Crippen molar-refractivity contribution in [3.05, 3.63) is 29.8 Å². The smallest absolute Gasteiger partial charge is 0.238 e. The number of anilines is 1. The third-order valence-corrected chi connectivity index (χ3v) is 3.43. The second-order valence-corrected chi connectivity index (χ2v) is 5.03. The van der Waals surface area contributed by atoms with Gasteiger partial charge in [0.1, 0.15) is 11.6 Å². The van der Waals surface area contributed by atoms with Crippen LogP contribution in [-0.4, -0.2) is 43.5 Å². The van der Waals surface area contributed by atoms with Crippen LogP contribution >= 0.6 is 0 Å². The van der Waals surface area contributed by atoms with Gasteiger partial charge >= 0.3 is 0 Å². The third kappa shape index (κ3) is 3.98. The Morgan fingerprint density at radius 1 is 1.35 bits per heavy atom. The highest BCUT2D eigenvalue weighted by Crippen LogP contribution is 2.17. The molecule has 1 saturated heterocycles. The first-order valence-electron chi connectivity index (χ1n) is 6.73. The van der Waals surface area contributed by atoms with Crippen molar-refractivity contribution in [1.82, 2.24) is 10.2 Å². The molecule has 0 bridgehead atoms. The SMILES string of the molecule is CNCC1CCCN1CC(=O)Nc1cc(F)cc(F)c1. The van der Waals surface area contributed by atoms with E-state index >= 15 is 0 Å². The Morgan fingerprint density at radius 2 is 2.05 bits per heavy atom. The second-order valence-electron chi connectivity index (χ2n) is 5.03. The Hall–Kier alpha value is -1.53. The van der Waals surface area contributed by atoms with Gasteiger partial charge < -0.3 is 10.6 Å².